The zero-order valence-corrected chi connectivity index (χ0v) is 19.7. The molecule has 0 bridgehead atoms. The number of methoxy groups -OCH3 is 1. The second-order valence-corrected chi connectivity index (χ2v) is 8.34. The van der Waals surface area contributed by atoms with Crippen LogP contribution in [0.4, 0.5) is 0 Å². The first-order chi connectivity index (χ1) is 14.7. The Morgan fingerprint density at radius 2 is 1.71 bits per heavy atom. The zero-order valence-electron chi connectivity index (χ0n) is 18.2. The minimum atomic E-state index is -0.707. The standard InChI is InChI=1S/C23H28Cl2N2O4/c1-15(2)12-26-23(29)16(3)27(13-17-9-10-18(24)19(25)11-17)22(28)14-31-21-8-6-5-7-20(21)30-4/h5-11,15-16H,12-14H2,1-4H3,(H,26,29)/t16-/m1/s1. The number of nitrogens with zero attached hydrogens (tertiary/aromatic N) is 1. The predicted molar refractivity (Wildman–Crippen MR) is 123 cm³/mol. The second-order valence-electron chi connectivity index (χ2n) is 7.52. The van der Waals surface area contributed by atoms with E-state index in [-0.39, 0.29) is 25.0 Å². The van der Waals surface area contributed by atoms with E-state index in [0.29, 0.717) is 34.0 Å². The summed E-state index contributed by atoms with van der Waals surface area (Å²) in [4.78, 5) is 27.2. The Bertz CT molecular complexity index is 905. The Labute approximate surface area is 193 Å². The SMILES string of the molecule is COc1ccccc1OCC(=O)N(Cc1ccc(Cl)c(Cl)c1)[C@H](C)C(=O)NCC(C)C. The summed E-state index contributed by atoms with van der Waals surface area (Å²) in [6.45, 7) is 6.16. The lowest BCUT2D eigenvalue weighted by Crippen LogP contribution is -2.49. The lowest BCUT2D eigenvalue weighted by Gasteiger charge is -2.29. The van der Waals surface area contributed by atoms with Crippen molar-refractivity contribution in [3.63, 3.8) is 0 Å². The van der Waals surface area contributed by atoms with Crippen molar-refractivity contribution in [2.45, 2.75) is 33.4 Å². The number of benzene rings is 2. The number of hydrogen-bond acceptors (Lipinski definition) is 4. The Morgan fingerprint density at radius 1 is 1.03 bits per heavy atom. The van der Waals surface area contributed by atoms with Crippen molar-refractivity contribution in [1.82, 2.24) is 10.2 Å². The van der Waals surface area contributed by atoms with E-state index in [1.165, 1.54) is 12.0 Å². The first-order valence-corrected chi connectivity index (χ1v) is 10.8. The van der Waals surface area contributed by atoms with Crippen molar-refractivity contribution in [2.75, 3.05) is 20.3 Å². The molecule has 2 amide bonds. The Hall–Kier alpha value is -2.44. The normalized spacial score (nSPS) is 11.7. The summed E-state index contributed by atoms with van der Waals surface area (Å²) in [7, 11) is 1.53. The highest BCUT2D eigenvalue weighted by atomic mass is 35.5. The number of carbonyl (C=O) groups is 2. The molecule has 2 rings (SSSR count). The van der Waals surface area contributed by atoms with Gasteiger partial charge in [0.2, 0.25) is 5.91 Å². The van der Waals surface area contributed by atoms with Gasteiger partial charge in [-0.25, -0.2) is 0 Å². The number of rotatable bonds is 10. The molecule has 0 saturated carbocycles. The van der Waals surface area contributed by atoms with Crippen LogP contribution in [0.15, 0.2) is 42.5 Å². The topological polar surface area (TPSA) is 67.9 Å². The van der Waals surface area contributed by atoms with Gasteiger partial charge in [0.15, 0.2) is 18.1 Å². The van der Waals surface area contributed by atoms with Gasteiger partial charge < -0.3 is 19.7 Å². The van der Waals surface area contributed by atoms with Crippen molar-refractivity contribution in [3.05, 3.63) is 58.1 Å². The third-order valence-corrected chi connectivity index (χ3v) is 5.35. The van der Waals surface area contributed by atoms with E-state index in [1.807, 2.05) is 19.9 Å². The molecular weight excluding hydrogens is 439 g/mol. The maximum atomic E-state index is 13.1. The van der Waals surface area contributed by atoms with Crippen LogP contribution in [-0.4, -0.2) is 43.0 Å². The van der Waals surface area contributed by atoms with Gasteiger partial charge in [0.25, 0.3) is 5.91 Å². The van der Waals surface area contributed by atoms with Gasteiger partial charge >= 0.3 is 0 Å². The molecule has 0 heterocycles. The number of hydrogen-bond donors (Lipinski definition) is 1. The molecule has 0 saturated heterocycles. The van der Waals surface area contributed by atoms with Crippen LogP contribution in [0.1, 0.15) is 26.3 Å². The molecule has 2 aromatic rings. The summed E-state index contributed by atoms with van der Waals surface area (Å²) in [5.41, 5.74) is 0.753. The Morgan fingerprint density at radius 3 is 2.32 bits per heavy atom. The summed E-state index contributed by atoms with van der Waals surface area (Å²) >= 11 is 12.1. The molecule has 0 aliphatic heterocycles. The third-order valence-electron chi connectivity index (χ3n) is 4.61. The molecule has 168 valence electrons. The molecule has 0 unspecified atom stereocenters. The van der Waals surface area contributed by atoms with E-state index in [0.717, 1.165) is 5.56 Å². The zero-order chi connectivity index (χ0) is 23.0. The van der Waals surface area contributed by atoms with E-state index in [4.69, 9.17) is 32.7 Å². The van der Waals surface area contributed by atoms with Crippen molar-refractivity contribution in [3.8, 4) is 11.5 Å². The number of para-hydroxylation sites is 2. The average Bonchev–Trinajstić information content (AvgIpc) is 2.76. The summed E-state index contributed by atoms with van der Waals surface area (Å²) in [6, 6.07) is 11.5. The van der Waals surface area contributed by atoms with Gasteiger partial charge in [-0.2, -0.15) is 0 Å². The number of nitrogens with one attached hydrogen (secondary N) is 1. The number of ether oxygens (including phenoxy) is 2. The largest absolute Gasteiger partial charge is 0.493 e. The van der Waals surface area contributed by atoms with Crippen LogP contribution >= 0.6 is 23.2 Å². The van der Waals surface area contributed by atoms with Crippen molar-refractivity contribution >= 4 is 35.0 Å². The highest BCUT2D eigenvalue weighted by Crippen LogP contribution is 2.26. The summed E-state index contributed by atoms with van der Waals surface area (Å²) in [5.74, 6) is 0.687. The molecule has 0 aliphatic rings. The fraction of sp³-hybridized carbons (Fsp3) is 0.391. The molecule has 0 aromatic heterocycles. The van der Waals surface area contributed by atoms with Gasteiger partial charge in [-0.1, -0.05) is 55.2 Å². The molecular formula is C23H28Cl2N2O4. The fourth-order valence-corrected chi connectivity index (χ4v) is 3.15. The molecule has 31 heavy (non-hydrogen) atoms. The van der Waals surface area contributed by atoms with Crippen molar-refractivity contribution < 1.29 is 19.1 Å². The second kappa shape index (κ2) is 11.8. The van der Waals surface area contributed by atoms with E-state index >= 15 is 0 Å². The van der Waals surface area contributed by atoms with Gasteiger partial charge in [-0.05, 0) is 42.7 Å². The molecule has 0 aliphatic carbocycles. The lowest BCUT2D eigenvalue weighted by molar-refractivity contribution is -0.142. The first-order valence-electron chi connectivity index (χ1n) is 9.99. The lowest BCUT2D eigenvalue weighted by atomic mass is 10.1. The molecule has 8 heteroatoms. The summed E-state index contributed by atoms with van der Waals surface area (Å²) in [6.07, 6.45) is 0. The molecule has 0 fully saturated rings. The average molecular weight is 467 g/mol. The quantitative estimate of drug-likeness (QED) is 0.556. The number of halogens is 2. The van der Waals surface area contributed by atoms with Crippen LogP contribution in [0.25, 0.3) is 0 Å². The van der Waals surface area contributed by atoms with E-state index < -0.39 is 6.04 Å². The monoisotopic (exact) mass is 466 g/mol. The predicted octanol–water partition coefficient (Wildman–Crippen LogP) is 4.57. The van der Waals surface area contributed by atoms with Gasteiger partial charge in [0, 0.05) is 13.1 Å². The van der Waals surface area contributed by atoms with Gasteiger partial charge in [-0.3, -0.25) is 9.59 Å². The molecule has 0 radical (unpaired) electrons. The smallest absolute Gasteiger partial charge is 0.261 e. The van der Waals surface area contributed by atoms with Crippen LogP contribution in [0.2, 0.25) is 10.0 Å². The van der Waals surface area contributed by atoms with Crippen LogP contribution in [0, 0.1) is 5.92 Å². The molecule has 0 spiro atoms. The van der Waals surface area contributed by atoms with Gasteiger partial charge in [0.1, 0.15) is 6.04 Å². The van der Waals surface area contributed by atoms with Crippen molar-refractivity contribution in [1.29, 1.82) is 0 Å². The van der Waals surface area contributed by atoms with Crippen LogP contribution in [0.3, 0.4) is 0 Å². The molecule has 1 N–H and O–H groups in total. The van der Waals surface area contributed by atoms with Gasteiger partial charge in [-0.15, -0.1) is 0 Å². The first kappa shape index (κ1) is 24.8. The molecule has 2 aromatic carbocycles. The van der Waals surface area contributed by atoms with Crippen LogP contribution in [0.5, 0.6) is 11.5 Å². The maximum absolute atomic E-state index is 13.1. The highest BCUT2D eigenvalue weighted by molar-refractivity contribution is 6.42. The van der Waals surface area contributed by atoms with Crippen LogP contribution in [-0.2, 0) is 16.1 Å². The highest BCUT2D eigenvalue weighted by Gasteiger charge is 2.27. The minimum Gasteiger partial charge on any atom is -0.493 e. The Balaban J connectivity index is 2.19. The van der Waals surface area contributed by atoms with Crippen molar-refractivity contribution in [2.24, 2.45) is 5.92 Å². The summed E-state index contributed by atoms with van der Waals surface area (Å²) in [5, 5.41) is 3.68. The molecule has 1 atom stereocenters. The van der Waals surface area contributed by atoms with E-state index in [9.17, 15) is 9.59 Å². The van der Waals surface area contributed by atoms with E-state index in [2.05, 4.69) is 5.32 Å². The number of amides is 2. The fourth-order valence-electron chi connectivity index (χ4n) is 2.83. The maximum Gasteiger partial charge on any atom is 0.261 e. The van der Waals surface area contributed by atoms with Crippen LogP contribution < -0.4 is 14.8 Å². The molecule has 6 nitrogen and oxygen atoms in total. The van der Waals surface area contributed by atoms with E-state index in [1.54, 1.807) is 43.3 Å². The minimum absolute atomic E-state index is 0.182. The number of carbonyl (C=O) groups excluding carboxylic acids is 2. The third kappa shape index (κ3) is 7.33. The van der Waals surface area contributed by atoms with Gasteiger partial charge in [0.05, 0.1) is 17.2 Å². The Kier molecular flexibility index (Phi) is 9.46. The summed E-state index contributed by atoms with van der Waals surface area (Å²) < 4.78 is 10.9.